The summed E-state index contributed by atoms with van der Waals surface area (Å²) in [5.41, 5.74) is 1.08. The Labute approximate surface area is 130 Å². The molecular formula is C17H21N3O2. The molecule has 5 heteroatoms. The van der Waals surface area contributed by atoms with Gasteiger partial charge in [0.15, 0.2) is 5.75 Å². The van der Waals surface area contributed by atoms with E-state index in [2.05, 4.69) is 22.2 Å². The monoisotopic (exact) mass is 299 g/mol. The van der Waals surface area contributed by atoms with Crippen LogP contribution >= 0.6 is 0 Å². The van der Waals surface area contributed by atoms with Gasteiger partial charge in [-0.1, -0.05) is 50.1 Å². The lowest BCUT2D eigenvalue weighted by atomic mass is 10.2. The van der Waals surface area contributed by atoms with Crippen LogP contribution in [-0.2, 0) is 11.4 Å². The number of rotatable bonds is 8. The predicted octanol–water partition coefficient (Wildman–Crippen LogP) is 3.57. The number of benzene rings is 1. The topological polar surface area (TPSA) is 64.1 Å². The summed E-state index contributed by atoms with van der Waals surface area (Å²) in [5, 5.41) is 2.69. The summed E-state index contributed by atoms with van der Waals surface area (Å²) in [6.45, 7) is 2.57. The van der Waals surface area contributed by atoms with Gasteiger partial charge in [0.05, 0.1) is 12.4 Å². The minimum absolute atomic E-state index is 0.0496. The fourth-order valence-electron chi connectivity index (χ4n) is 1.92. The van der Waals surface area contributed by atoms with Crippen molar-refractivity contribution in [3.63, 3.8) is 0 Å². The van der Waals surface area contributed by atoms with E-state index in [9.17, 15) is 4.79 Å². The second-order valence-corrected chi connectivity index (χ2v) is 5.02. The van der Waals surface area contributed by atoms with Crippen LogP contribution in [0, 0.1) is 0 Å². The number of hydrogen-bond acceptors (Lipinski definition) is 4. The van der Waals surface area contributed by atoms with Crippen LogP contribution in [0.3, 0.4) is 0 Å². The first-order valence-electron chi connectivity index (χ1n) is 7.56. The lowest BCUT2D eigenvalue weighted by Crippen LogP contribution is -2.13. The predicted molar refractivity (Wildman–Crippen MR) is 85.6 cm³/mol. The van der Waals surface area contributed by atoms with Crippen LogP contribution in [0.25, 0.3) is 0 Å². The maximum absolute atomic E-state index is 11.7. The molecule has 0 atom stereocenters. The summed E-state index contributed by atoms with van der Waals surface area (Å²) in [6.07, 6.45) is 6.68. The highest BCUT2D eigenvalue weighted by Gasteiger charge is 2.04. The summed E-state index contributed by atoms with van der Waals surface area (Å²) < 4.78 is 5.59. The van der Waals surface area contributed by atoms with Crippen molar-refractivity contribution < 1.29 is 9.53 Å². The van der Waals surface area contributed by atoms with Crippen LogP contribution in [0.1, 0.15) is 38.2 Å². The largest absolute Gasteiger partial charge is 0.486 e. The Hall–Kier alpha value is -2.43. The molecule has 1 aromatic carbocycles. The number of ether oxygens (including phenoxy) is 1. The van der Waals surface area contributed by atoms with Gasteiger partial charge in [-0.15, -0.1) is 0 Å². The Morgan fingerprint density at radius 2 is 1.86 bits per heavy atom. The molecular weight excluding hydrogens is 278 g/mol. The summed E-state index contributed by atoms with van der Waals surface area (Å²) in [6, 6.07) is 9.88. The number of aromatic nitrogens is 2. The van der Waals surface area contributed by atoms with Crippen molar-refractivity contribution in [1.29, 1.82) is 0 Å². The number of unbranched alkanes of at least 4 members (excludes halogenated alkanes) is 2. The third kappa shape index (κ3) is 5.52. The first-order valence-corrected chi connectivity index (χ1v) is 7.56. The lowest BCUT2D eigenvalue weighted by molar-refractivity contribution is -0.116. The highest BCUT2D eigenvalue weighted by molar-refractivity contribution is 5.88. The molecule has 0 aliphatic carbocycles. The molecule has 0 saturated carbocycles. The van der Waals surface area contributed by atoms with E-state index in [1.54, 1.807) is 12.4 Å². The van der Waals surface area contributed by atoms with Crippen LogP contribution < -0.4 is 10.1 Å². The lowest BCUT2D eigenvalue weighted by Gasteiger charge is -2.07. The Morgan fingerprint density at radius 3 is 2.55 bits per heavy atom. The zero-order valence-electron chi connectivity index (χ0n) is 12.8. The number of hydrogen-bond donors (Lipinski definition) is 1. The fraction of sp³-hybridized carbons (Fsp3) is 0.353. The first-order chi connectivity index (χ1) is 10.8. The highest BCUT2D eigenvalue weighted by Crippen LogP contribution is 2.11. The van der Waals surface area contributed by atoms with E-state index in [1.165, 1.54) is 0 Å². The second-order valence-electron chi connectivity index (χ2n) is 5.02. The zero-order valence-corrected chi connectivity index (χ0v) is 12.8. The van der Waals surface area contributed by atoms with Gasteiger partial charge in [-0.3, -0.25) is 10.1 Å². The van der Waals surface area contributed by atoms with Gasteiger partial charge in [0.2, 0.25) is 11.9 Å². The number of anilines is 1. The van der Waals surface area contributed by atoms with E-state index < -0.39 is 0 Å². The quantitative estimate of drug-likeness (QED) is 0.757. The van der Waals surface area contributed by atoms with Gasteiger partial charge < -0.3 is 4.74 Å². The average Bonchev–Trinajstić information content (AvgIpc) is 2.55. The molecule has 22 heavy (non-hydrogen) atoms. The van der Waals surface area contributed by atoms with Crippen molar-refractivity contribution in [1.82, 2.24) is 9.97 Å². The molecule has 0 unspecified atom stereocenters. The van der Waals surface area contributed by atoms with Gasteiger partial charge in [0.1, 0.15) is 6.61 Å². The molecule has 0 radical (unpaired) electrons. The molecule has 1 N–H and O–H groups in total. The van der Waals surface area contributed by atoms with Crippen molar-refractivity contribution in [3.05, 3.63) is 48.3 Å². The van der Waals surface area contributed by atoms with E-state index in [0.717, 1.165) is 24.8 Å². The van der Waals surface area contributed by atoms with Gasteiger partial charge in [0.25, 0.3) is 0 Å². The number of nitrogens with zero attached hydrogens (tertiary/aromatic N) is 2. The zero-order chi connectivity index (χ0) is 15.6. The van der Waals surface area contributed by atoms with E-state index in [1.807, 2.05) is 30.3 Å². The highest BCUT2D eigenvalue weighted by atomic mass is 16.5. The molecule has 0 aliphatic rings. The normalized spacial score (nSPS) is 10.2. The van der Waals surface area contributed by atoms with Crippen LogP contribution in [-0.4, -0.2) is 15.9 Å². The summed E-state index contributed by atoms with van der Waals surface area (Å²) in [5.74, 6) is 0.841. The molecule has 2 rings (SSSR count). The van der Waals surface area contributed by atoms with Gasteiger partial charge in [-0.25, -0.2) is 9.97 Å². The molecule has 1 heterocycles. The number of amides is 1. The standard InChI is InChI=1S/C17H21N3O2/c1-2-3-5-10-16(21)20-17-18-11-15(12-19-17)22-13-14-8-6-4-7-9-14/h4,6-9,11-12H,2-3,5,10,13H2,1H3,(H,18,19,20,21). The van der Waals surface area contributed by atoms with Crippen molar-refractivity contribution in [2.75, 3.05) is 5.32 Å². The number of carbonyl (C=O) groups excluding carboxylic acids is 1. The van der Waals surface area contributed by atoms with Gasteiger partial charge in [-0.2, -0.15) is 0 Å². The van der Waals surface area contributed by atoms with Gasteiger partial charge in [-0.05, 0) is 12.0 Å². The summed E-state index contributed by atoms with van der Waals surface area (Å²) >= 11 is 0. The van der Waals surface area contributed by atoms with Crippen molar-refractivity contribution in [2.45, 2.75) is 39.2 Å². The molecule has 2 aromatic rings. The molecule has 0 saturated heterocycles. The maximum atomic E-state index is 11.7. The third-order valence-electron chi connectivity index (χ3n) is 3.14. The maximum Gasteiger partial charge on any atom is 0.229 e. The molecule has 0 bridgehead atoms. The smallest absolute Gasteiger partial charge is 0.229 e. The minimum Gasteiger partial charge on any atom is -0.486 e. The van der Waals surface area contributed by atoms with Crippen LogP contribution in [0.15, 0.2) is 42.7 Å². The van der Waals surface area contributed by atoms with E-state index in [4.69, 9.17) is 4.74 Å². The van der Waals surface area contributed by atoms with Crippen LogP contribution in [0.4, 0.5) is 5.95 Å². The third-order valence-corrected chi connectivity index (χ3v) is 3.14. The molecule has 0 fully saturated rings. The second kappa shape index (κ2) is 8.77. The van der Waals surface area contributed by atoms with Crippen LogP contribution in [0.5, 0.6) is 5.75 Å². The first kappa shape index (κ1) is 15.9. The minimum atomic E-state index is -0.0496. The average molecular weight is 299 g/mol. The van der Waals surface area contributed by atoms with E-state index >= 15 is 0 Å². The molecule has 1 amide bonds. The van der Waals surface area contributed by atoms with Crippen LogP contribution in [0.2, 0.25) is 0 Å². The fourth-order valence-corrected chi connectivity index (χ4v) is 1.92. The molecule has 116 valence electrons. The Balaban J connectivity index is 1.79. The number of nitrogens with one attached hydrogen (secondary N) is 1. The van der Waals surface area contributed by atoms with Crippen molar-refractivity contribution in [3.8, 4) is 5.75 Å². The Kier molecular flexibility index (Phi) is 6.36. The molecule has 0 spiro atoms. The molecule has 1 aromatic heterocycles. The Morgan fingerprint density at radius 1 is 1.14 bits per heavy atom. The number of carbonyl (C=O) groups is 1. The van der Waals surface area contributed by atoms with Crippen molar-refractivity contribution in [2.24, 2.45) is 0 Å². The van der Waals surface area contributed by atoms with Gasteiger partial charge >= 0.3 is 0 Å². The summed E-state index contributed by atoms with van der Waals surface area (Å²) in [7, 11) is 0. The van der Waals surface area contributed by atoms with Gasteiger partial charge in [0, 0.05) is 6.42 Å². The van der Waals surface area contributed by atoms with E-state index in [-0.39, 0.29) is 5.91 Å². The molecule has 0 aliphatic heterocycles. The molecule has 5 nitrogen and oxygen atoms in total. The van der Waals surface area contributed by atoms with E-state index in [0.29, 0.717) is 24.7 Å². The van der Waals surface area contributed by atoms with Crippen molar-refractivity contribution >= 4 is 11.9 Å². The SMILES string of the molecule is CCCCCC(=O)Nc1ncc(OCc2ccccc2)cn1. The Bertz CT molecular complexity index is 570. The summed E-state index contributed by atoms with van der Waals surface area (Å²) in [4.78, 5) is 19.8.